The molecule has 1 heterocycles. The van der Waals surface area contributed by atoms with E-state index in [4.69, 9.17) is 16.3 Å². The number of hydrogen-bond acceptors (Lipinski definition) is 4. The largest absolute Gasteiger partial charge is 0.497 e. The zero-order valence-corrected chi connectivity index (χ0v) is 12.5. The van der Waals surface area contributed by atoms with Crippen molar-refractivity contribution in [2.75, 3.05) is 18.5 Å². The summed E-state index contributed by atoms with van der Waals surface area (Å²) in [5.41, 5.74) is 0.476. The van der Waals surface area contributed by atoms with Crippen molar-refractivity contribution in [3.05, 3.63) is 47.7 Å². The van der Waals surface area contributed by atoms with Crippen molar-refractivity contribution in [2.24, 2.45) is 0 Å². The number of rotatable bonds is 4. The molecule has 1 aromatic heterocycles. The number of benzene rings is 1. The topological polar surface area (TPSA) is 59.5 Å². The van der Waals surface area contributed by atoms with E-state index in [1.54, 1.807) is 24.3 Å². The first kappa shape index (κ1) is 14.6. The maximum Gasteiger partial charge on any atom is 0.267 e. The molecule has 0 saturated carbocycles. The van der Waals surface area contributed by atoms with Crippen LogP contribution in [0.15, 0.2) is 47.6 Å². The Morgan fingerprint density at radius 2 is 2.05 bits per heavy atom. The third-order valence-electron chi connectivity index (χ3n) is 2.79. The number of methoxy groups -OCH3 is 1. The highest BCUT2D eigenvalue weighted by Crippen LogP contribution is 2.28. The van der Waals surface area contributed by atoms with E-state index in [0.29, 0.717) is 11.4 Å². The normalized spacial score (nSPS) is 11.2. The van der Waals surface area contributed by atoms with Crippen molar-refractivity contribution in [2.45, 2.75) is 4.90 Å². The van der Waals surface area contributed by atoms with Crippen LogP contribution in [-0.2, 0) is 10.0 Å². The Labute approximate surface area is 122 Å². The molecule has 7 heteroatoms. The van der Waals surface area contributed by atoms with Gasteiger partial charge in [0, 0.05) is 25.5 Å². The highest BCUT2D eigenvalue weighted by molar-refractivity contribution is 7.93. The van der Waals surface area contributed by atoms with Crippen molar-refractivity contribution < 1.29 is 13.2 Å². The Morgan fingerprint density at radius 3 is 2.70 bits per heavy atom. The van der Waals surface area contributed by atoms with Gasteiger partial charge in [-0.1, -0.05) is 17.7 Å². The number of pyridine rings is 1. The third kappa shape index (κ3) is 2.71. The molecule has 2 rings (SSSR count). The molecule has 0 aliphatic carbocycles. The van der Waals surface area contributed by atoms with Crippen LogP contribution in [0.25, 0.3) is 0 Å². The maximum absolute atomic E-state index is 12.5. The maximum atomic E-state index is 12.5. The van der Waals surface area contributed by atoms with Crippen LogP contribution in [-0.4, -0.2) is 27.6 Å². The van der Waals surface area contributed by atoms with Gasteiger partial charge in [0.25, 0.3) is 10.0 Å². The number of aromatic nitrogens is 1. The number of sulfonamides is 1. The van der Waals surface area contributed by atoms with Gasteiger partial charge in [-0.3, -0.25) is 9.29 Å². The van der Waals surface area contributed by atoms with Gasteiger partial charge >= 0.3 is 0 Å². The standard InChI is InChI=1S/C13H13ClN2O3S/c1-16(10-4-3-5-11(8-10)19-2)20(17,18)13-9-15-7-6-12(13)14/h3-9H,1-2H3. The Morgan fingerprint density at radius 1 is 1.30 bits per heavy atom. The second kappa shape index (κ2) is 5.68. The number of anilines is 1. The second-order valence-electron chi connectivity index (χ2n) is 3.98. The molecule has 0 saturated heterocycles. The number of halogens is 1. The Kier molecular flexibility index (Phi) is 4.15. The van der Waals surface area contributed by atoms with Crippen LogP contribution in [0.4, 0.5) is 5.69 Å². The van der Waals surface area contributed by atoms with Crippen LogP contribution in [0.3, 0.4) is 0 Å². The molecule has 0 unspecified atom stereocenters. The smallest absolute Gasteiger partial charge is 0.267 e. The van der Waals surface area contributed by atoms with Gasteiger partial charge in [-0.15, -0.1) is 0 Å². The summed E-state index contributed by atoms with van der Waals surface area (Å²) in [5, 5.41) is 0.134. The highest BCUT2D eigenvalue weighted by atomic mass is 35.5. The van der Waals surface area contributed by atoms with Gasteiger partial charge in [-0.25, -0.2) is 8.42 Å². The van der Waals surface area contributed by atoms with Crippen molar-refractivity contribution in [1.82, 2.24) is 4.98 Å². The third-order valence-corrected chi connectivity index (χ3v) is 5.04. The van der Waals surface area contributed by atoms with Gasteiger partial charge in [0.15, 0.2) is 0 Å². The van der Waals surface area contributed by atoms with E-state index in [1.807, 2.05) is 0 Å². The summed E-state index contributed by atoms with van der Waals surface area (Å²) in [5.74, 6) is 0.571. The van der Waals surface area contributed by atoms with E-state index < -0.39 is 10.0 Å². The monoisotopic (exact) mass is 312 g/mol. The molecule has 0 fully saturated rings. The van der Waals surface area contributed by atoms with E-state index in [1.165, 1.54) is 32.6 Å². The predicted molar refractivity (Wildman–Crippen MR) is 77.8 cm³/mol. The van der Waals surface area contributed by atoms with Crippen LogP contribution in [0.2, 0.25) is 5.02 Å². The zero-order chi connectivity index (χ0) is 14.8. The fourth-order valence-corrected chi connectivity index (χ4v) is 3.24. The molecule has 106 valence electrons. The van der Waals surface area contributed by atoms with Crippen LogP contribution in [0.1, 0.15) is 0 Å². The molecule has 5 nitrogen and oxygen atoms in total. The van der Waals surface area contributed by atoms with E-state index in [0.717, 1.165) is 4.31 Å². The van der Waals surface area contributed by atoms with Crippen LogP contribution in [0, 0.1) is 0 Å². The fourth-order valence-electron chi connectivity index (χ4n) is 1.65. The lowest BCUT2D eigenvalue weighted by Gasteiger charge is -2.20. The SMILES string of the molecule is COc1cccc(N(C)S(=O)(=O)c2cnccc2Cl)c1. The first-order valence-electron chi connectivity index (χ1n) is 5.69. The minimum atomic E-state index is -3.76. The highest BCUT2D eigenvalue weighted by Gasteiger charge is 2.24. The number of ether oxygens (including phenoxy) is 1. The van der Waals surface area contributed by atoms with Crippen molar-refractivity contribution >= 4 is 27.3 Å². The molecule has 0 aliphatic rings. The van der Waals surface area contributed by atoms with Gasteiger partial charge in [0.05, 0.1) is 17.8 Å². The van der Waals surface area contributed by atoms with Gasteiger partial charge in [-0.05, 0) is 18.2 Å². The minimum absolute atomic E-state index is 0.0352. The zero-order valence-electron chi connectivity index (χ0n) is 10.9. The van der Waals surface area contributed by atoms with Crippen molar-refractivity contribution in [1.29, 1.82) is 0 Å². The van der Waals surface area contributed by atoms with Crippen molar-refractivity contribution in [3.63, 3.8) is 0 Å². The summed E-state index contributed by atoms with van der Waals surface area (Å²) in [4.78, 5) is 3.77. The first-order chi connectivity index (χ1) is 9.46. The molecule has 20 heavy (non-hydrogen) atoms. The Hall–Kier alpha value is -1.79. The van der Waals surface area contributed by atoms with Crippen LogP contribution >= 0.6 is 11.6 Å². The van der Waals surface area contributed by atoms with Crippen LogP contribution in [0.5, 0.6) is 5.75 Å². The molecule has 0 bridgehead atoms. The van der Waals surface area contributed by atoms with Crippen LogP contribution < -0.4 is 9.04 Å². The van der Waals surface area contributed by atoms with Gasteiger partial charge in [-0.2, -0.15) is 0 Å². The molecule has 0 amide bonds. The Balaban J connectivity index is 2.46. The lowest BCUT2D eigenvalue weighted by atomic mass is 10.3. The molecular formula is C13H13ClN2O3S. The lowest BCUT2D eigenvalue weighted by Crippen LogP contribution is -2.26. The molecule has 0 atom stereocenters. The Bertz CT molecular complexity index is 719. The predicted octanol–water partition coefficient (Wildman–Crippen LogP) is 2.57. The lowest BCUT2D eigenvalue weighted by molar-refractivity contribution is 0.415. The summed E-state index contributed by atoms with van der Waals surface area (Å²) in [6.07, 6.45) is 2.67. The number of hydrogen-bond donors (Lipinski definition) is 0. The molecule has 0 spiro atoms. The summed E-state index contributed by atoms with van der Waals surface area (Å²) in [6, 6.07) is 8.19. The molecule has 2 aromatic rings. The van der Waals surface area contributed by atoms with E-state index in [-0.39, 0.29) is 9.92 Å². The molecule has 0 N–H and O–H groups in total. The van der Waals surface area contributed by atoms with E-state index in [2.05, 4.69) is 4.98 Å². The molecule has 1 aromatic carbocycles. The second-order valence-corrected chi connectivity index (χ2v) is 6.32. The van der Waals surface area contributed by atoms with Gasteiger partial charge < -0.3 is 4.74 Å². The summed E-state index contributed by atoms with van der Waals surface area (Å²) in [6.45, 7) is 0. The average molecular weight is 313 g/mol. The van der Waals surface area contributed by atoms with Gasteiger partial charge in [0.1, 0.15) is 10.6 Å². The molecule has 0 radical (unpaired) electrons. The average Bonchev–Trinajstić information content (AvgIpc) is 2.46. The van der Waals surface area contributed by atoms with Gasteiger partial charge in [0.2, 0.25) is 0 Å². The number of nitrogens with zero attached hydrogens (tertiary/aromatic N) is 2. The summed E-state index contributed by atoms with van der Waals surface area (Å²) in [7, 11) is -0.793. The quantitative estimate of drug-likeness (QED) is 0.870. The van der Waals surface area contributed by atoms with E-state index in [9.17, 15) is 8.42 Å². The van der Waals surface area contributed by atoms with Crippen molar-refractivity contribution in [3.8, 4) is 5.75 Å². The van der Waals surface area contributed by atoms with E-state index >= 15 is 0 Å². The summed E-state index contributed by atoms with van der Waals surface area (Å²) >= 11 is 5.93. The molecule has 0 aliphatic heterocycles. The molecular weight excluding hydrogens is 300 g/mol. The first-order valence-corrected chi connectivity index (χ1v) is 7.51. The minimum Gasteiger partial charge on any atom is -0.497 e. The fraction of sp³-hybridized carbons (Fsp3) is 0.154. The summed E-state index contributed by atoms with van der Waals surface area (Å²) < 4.78 is 31.3.